The molecule has 4 heterocycles. The number of β-lactam (4-membered cyclic amide) rings is 1. The number of carboxylic acid groups (broad SMARTS) is 1. The Morgan fingerprint density at radius 1 is 1.44 bits per heavy atom. The van der Waals surface area contributed by atoms with E-state index in [1.807, 2.05) is 0 Å². The summed E-state index contributed by atoms with van der Waals surface area (Å²) in [6.07, 6.45) is 0. The molecule has 0 bridgehead atoms. The molecule has 0 aromatic carbocycles. The molecule has 18 heteroatoms. The van der Waals surface area contributed by atoms with E-state index in [9.17, 15) is 24.7 Å². The molecule has 2 aromatic rings. The Bertz CT molecular complexity index is 1160. The van der Waals surface area contributed by atoms with Gasteiger partial charge >= 0.3 is 5.97 Å². The van der Waals surface area contributed by atoms with E-state index in [1.54, 1.807) is 7.05 Å². The number of aryl methyl sites for hydroxylation is 1. The first kappa shape index (κ1) is 22.0. The van der Waals surface area contributed by atoms with Gasteiger partial charge in [-0.25, -0.2) is 9.48 Å². The van der Waals surface area contributed by atoms with Crippen molar-refractivity contribution in [1.29, 1.82) is 0 Å². The maximum absolute atomic E-state index is 12.7. The molecular weight excluding hydrogens is 484 g/mol. The number of carboxylic acids is 1. The molecule has 2 aliphatic heterocycles. The van der Waals surface area contributed by atoms with Gasteiger partial charge in [0.15, 0.2) is 5.13 Å². The lowest BCUT2D eigenvalue weighted by molar-refractivity contribution is -0.150. The van der Waals surface area contributed by atoms with Crippen LogP contribution in [0.5, 0.6) is 0 Å². The molecule has 32 heavy (non-hydrogen) atoms. The van der Waals surface area contributed by atoms with Gasteiger partial charge in [-0.3, -0.25) is 14.5 Å². The predicted octanol–water partition coefficient (Wildman–Crippen LogP) is -1.65. The Morgan fingerprint density at radius 3 is 2.81 bits per heavy atom. The van der Waals surface area contributed by atoms with E-state index < -0.39 is 34.9 Å². The van der Waals surface area contributed by atoms with Gasteiger partial charge in [-0.1, -0.05) is 16.9 Å². The number of fused-ring (bicyclic) bond motifs is 1. The molecule has 5 N–H and O–H groups in total. The van der Waals surface area contributed by atoms with Crippen molar-refractivity contribution in [3.63, 3.8) is 0 Å². The smallest absolute Gasteiger partial charge is 0.352 e. The van der Waals surface area contributed by atoms with Crippen molar-refractivity contribution in [3.05, 3.63) is 17.1 Å². The van der Waals surface area contributed by atoms with Crippen molar-refractivity contribution < 1.29 is 24.7 Å². The van der Waals surface area contributed by atoms with Gasteiger partial charge in [0.05, 0.1) is 0 Å². The van der Waals surface area contributed by atoms with E-state index in [1.165, 1.54) is 28.2 Å². The largest absolute Gasteiger partial charge is 0.477 e. The average molecular weight is 499 g/mol. The number of carbonyl (C=O) groups excluding carboxylic acids is 2. The van der Waals surface area contributed by atoms with Crippen molar-refractivity contribution in [1.82, 2.24) is 39.8 Å². The van der Waals surface area contributed by atoms with Crippen LogP contribution in [0.25, 0.3) is 0 Å². The molecule has 0 aliphatic carbocycles. The number of hydrogen-bond acceptors (Lipinski definition) is 14. The SMILES string of the molecule is Cn1nnnc1SCC1=C(C(=O)O)N2C(=O)C(NC(=O)/C(=N/O)c3nsc(N)n3)[C@H]2SC1. The second kappa shape index (κ2) is 8.71. The molecular formula is C14H14N10O5S3. The first-order valence-electron chi connectivity index (χ1n) is 8.69. The number of nitrogen functional groups attached to an aromatic ring is 1. The number of aromatic nitrogens is 6. The number of rotatable bonds is 7. The minimum atomic E-state index is -1.25. The molecule has 2 amide bonds. The second-order valence-corrected chi connectivity index (χ2v) is 9.23. The maximum Gasteiger partial charge on any atom is 0.352 e. The van der Waals surface area contributed by atoms with Gasteiger partial charge in [-0.2, -0.15) is 9.36 Å². The van der Waals surface area contributed by atoms with Crippen LogP contribution in [-0.2, 0) is 21.4 Å². The molecule has 4 rings (SSSR count). The standard InChI is InChI=1S/C14H14N10O5S3/c1-23-14(18-21-22-23)31-3-4-2-30-11-6(10(26)24(11)7(4)12(27)28)16-9(25)5(19-29)8-17-13(15)32-20-8/h6,11,29H,2-3H2,1H3,(H,16,25)(H,27,28)(H2,15,17,20)/b19-5+/t6?,11-/m1/s1. The fraction of sp³-hybridized carbons (Fsp3) is 0.357. The van der Waals surface area contributed by atoms with E-state index in [0.29, 0.717) is 16.5 Å². The van der Waals surface area contributed by atoms with Crippen LogP contribution in [0.1, 0.15) is 5.82 Å². The number of nitrogens with one attached hydrogen (secondary N) is 1. The summed E-state index contributed by atoms with van der Waals surface area (Å²) >= 11 is 3.36. The molecule has 15 nitrogen and oxygen atoms in total. The number of amides is 2. The number of anilines is 1. The van der Waals surface area contributed by atoms with Crippen LogP contribution in [-0.4, -0.2) is 91.2 Å². The second-order valence-electron chi connectivity index (χ2n) is 6.40. The van der Waals surface area contributed by atoms with Crippen molar-refractivity contribution in [2.24, 2.45) is 12.2 Å². The molecule has 2 aromatic heterocycles. The Labute approximate surface area is 191 Å². The molecule has 2 aliphatic rings. The Morgan fingerprint density at radius 2 is 2.22 bits per heavy atom. The van der Waals surface area contributed by atoms with Crippen molar-refractivity contribution in [2.75, 3.05) is 17.2 Å². The van der Waals surface area contributed by atoms with Crippen LogP contribution >= 0.6 is 35.1 Å². The quantitative estimate of drug-likeness (QED) is 0.111. The lowest BCUT2D eigenvalue weighted by Crippen LogP contribution is -2.71. The molecule has 0 radical (unpaired) electrons. The number of tetrazole rings is 1. The maximum atomic E-state index is 12.7. The van der Waals surface area contributed by atoms with E-state index in [4.69, 9.17) is 5.73 Å². The summed E-state index contributed by atoms with van der Waals surface area (Å²) in [6, 6.07) is -1.01. The number of carbonyl (C=O) groups is 3. The highest BCUT2D eigenvalue weighted by Crippen LogP contribution is 2.41. The Balaban J connectivity index is 1.48. The molecule has 168 valence electrons. The van der Waals surface area contributed by atoms with Crippen molar-refractivity contribution in [3.8, 4) is 0 Å². The van der Waals surface area contributed by atoms with Crippen LogP contribution in [0, 0.1) is 0 Å². The van der Waals surface area contributed by atoms with Gasteiger partial charge in [-0.05, 0) is 16.0 Å². The minimum Gasteiger partial charge on any atom is -0.477 e. The Kier molecular flexibility index (Phi) is 5.98. The lowest BCUT2D eigenvalue weighted by atomic mass is 10.0. The van der Waals surface area contributed by atoms with Gasteiger partial charge in [0, 0.05) is 30.1 Å². The zero-order valence-corrected chi connectivity index (χ0v) is 18.5. The van der Waals surface area contributed by atoms with Gasteiger partial charge in [0.1, 0.15) is 17.1 Å². The summed E-state index contributed by atoms with van der Waals surface area (Å²) in [5, 5.41) is 35.3. The normalized spacial score (nSPS) is 20.7. The van der Waals surface area contributed by atoms with Crippen LogP contribution in [0.3, 0.4) is 0 Å². The highest BCUT2D eigenvalue weighted by atomic mass is 32.2. The highest BCUT2D eigenvalue weighted by molar-refractivity contribution is 8.01. The average Bonchev–Trinajstić information content (AvgIpc) is 3.37. The topological polar surface area (TPSA) is 215 Å². The Hall–Kier alpha value is -3.25. The first-order chi connectivity index (χ1) is 15.3. The molecule has 2 atom stereocenters. The van der Waals surface area contributed by atoms with Crippen molar-refractivity contribution in [2.45, 2.75) is 16.6 Å². The fourth-order valence-electron chi connectivity index (χ4n) is 3.02. The number of aliphatic carboxylic acids is 1. The molecule has 1 fully saturated rings. The number of thioether (sulfide) groups is 2. The van der Waals surface area contributed by atoms with Gasteiger partial charge < -0.3 is 21.4 Å². The summed E-state index contributed by atoms with van der Waals surface area (Å²) in [7, 11) is 1.66. The third-order valence-electron chi connectivity index (χ3n) is 4.46. The van der Waals surface area contributed by atoms with Crippen LogP contribution in [0.15, 0.2) is 21.6 Å². The van der Waals surface area contributed by atoms with E-state index in [-0.39, 0.29) is 22.4 Å². The lowest BCUT2D eigenvalue weighted by Gasteiger charge is -2.49. The predicted molar refractivity (Wildman–Crippen MR) is 112 cm³/mol. The summed E-state index contributed by atoms with van der Waals surface area (Å²) in [5.41, 5.74) is 5.38. The number of oxime groups is 1. The summed E-state index contributed by atoms with van der Waals surface area (Å²) in [4.78, 5) is 42.1. The van der Waals surface area contributed by atoms with E-state index in [2.05, 4.69) is 35.4 Å². The zero-order chi connectivity index (χ0) is 23.0. The van der Waals surface area contributed by atoms with Crippen LogP contribution in [0.2, 0.25) is 0 Å². The number of nitrogens with two attached hydrogens (primary N) is 1. The zero-order valence-electron chi connectivity index (χ0n) is 16.1. The van der Waals surface area contributed by atoms with Crippen LogP contribution in [0.4, 0.5) is 5.13 Å². The monoisotopic (exact) mass is 498 g/mol. The highest BCUT2D eigenvalue weighted by Gasteiger charge is 2.54. The molecule has 0 saturated carbocycles. The van der Waals surface area contributed by atoms with E-state index in [0.717, 1.165) is 16.4 Å². The fourth-order valence-corrected chi connectivity index (χ4v) is 5.79. The molecule has 1 saturated heterocycles. The van der Waals surface area contributed by atoms with E-state index >= 15 is 0 Å². The summed E-state index contributed by atoms with van der Waals surface area (Å²) in [6.45, 7) is 0. The number of hydrogen-bond donors (Lipinski definition) is 4. The number of nitrogens with zero attached hydrogens (tertiary/aromatic N) is 8. The van der Waals surface area contributed by atoms with Gasteiger partial charge in [-0.15, -0.1) is 16.9 Å². The van der Waals surface area contributed by atoms with Gasteiger partial charge in [0.2, 0.25) is 16.7 Å². The van der Waals surface area contributed by atoms with Crippen molar-refractivity contribution >= 4 is 63.7 Å². The van der Waals surface area contributed by atoms with Crippen LogP contribution < -0.4 is 11.1 Å². The third kappa shape index (κ3) is 3.86. The minimum absolute atomic E-state index is 0.0708. The third-order valence-corrected chi connectivity index (χ3v) is 7.44. The first-order valence-corrected chi connectivity index (χ1v) is 11.5. The summed E-state index contributed by atoms with van der Waals surface area (Å²) in [5.74, 6) is -2.32. The molecule has 0 spiro atoms. The molecule has 1 unspecified atom stereocenters. The summed E-state index contributed by atoms with van der Waals surface area (Å²) < 4.78 is 5.26. The van der Waals surface area contributed by atoms with Gasteiger partial charge in [0.25, 0.3) is 11.8 Å².